The van der Waals surface area contributed by atoms with Gasteiger partial charge >= 0.3 is 11.9 Å². The molecule has 0 aliphatic heterocycles. The molecule has 164 valence electrons. The van der Waals surface area contributed by atoms with Crippen LogP contribution in [-0.2, 0) is 30.4 Å². The third-order valence-electron chi connectivity index (χ3n) is 4.80. The first-order chi connectivity index (χ1) is 14.0. The largest absolute Gasteiger partial charge is 0.481 e. The number of ketones is 2. The Hall–Kier alpha value is -3.03. The number of hydrogen-bond acceptors (Lipinski definition) is 5. The molecule has 3 atom stereocenters. The lowest BCUT2D eigenvalue weighted by Crippen LogP contribution is -2.45. The van der Waals surface area contributed by atoms with Gasteiger partial charge in [0.15, 0.2) is 5.78 Å². The van der Waals surface area contributed by atoms with Gasteiger partial charge in [-0.15, -0.1) is 0 Å². The summed E-state index contributed by atoms with van der Waals surface area (Å²) in [5.74, 6) is -6.08. The van der Waals surface area contributed by atoms with E-state index in [2.05, 4.69) is 5.32 Å². The quantitative estimate of drug-likeness (QED) is 0.445. The van der Waals surface area contributed by atoms with Crippen LogP contribution in [0.2, 0.25) is 0 Å². The lowest BCUT2D eigenvalue weighted by molar-refractivity contribution is -0.149. The number of aliphatic carboxylic acids is 2. The number of carbonyl (C=O) groups is 5. The summed E-state index contributed by atoms with van der Waals surface area (Å²) < 4.78 is 0. The van der Waals surface area contributed by atoms with Crippen LogP contribution < -0.4 is 5.32 Å². The summed E-state index contributed by atoms with van der Waals surface area (Å²) in [7, 11) is 0. The number of Topliss-reactive ketones (excluding diaryl/α,β-unsaturated/α-hetero) is 2. The summed E-state index contributed by atoms with van der Waals surface area (Å²) in [6.07, 6.45) is -1.03. The normalized spacial score (nSPS) is 13.9. The second kappa shape index (κ2) is 11.8. The summed E-state index contributed by atoms with van der Waals surface area (Å²) >= 11 is 0. The smallest absolute Gasteiger partial charge is 0.307 e. The molecule has 0 aliphatic carbocycles. The number of rotatable bonds is 13. The van der Waals surface area contributed by atoms with Crippen LogP contribution in [0.3, 0.4) is 0 Å². The van der Waals surface area contributed by atoms with Crippen molar-refractivity contribution in [3.63, 3.8) is 0 Å². The van der Waals surface area contributed by atoms with Crippen molar-refractivity contribution in [3.8, 4) is 0 Å². The van der Waals surface area contributed by atoms with Crippen molar-refractivity contribution in [1.82, 2.24) is 5.32 Å². The first kappa shape index (κ1) is 25.0. The predicted molar refractivity (Wildman–Crippen MR) is 109 cm³/mol. The molecule has 0 radical (unpaired) electrons. The second-order valence-electron chi connectivity index (χ2n) is 7.78. The van der Waals surface area contributed by atoms with E-state index in [1.807, 2.05) is 0 Å². The average molecular weight is 419 g/mol. The van der Waals surface area contributed by atoms with Gasteiger partial charge in [-0.05, 0) is 12.0 Å². The lowest BCUT2D eigenvalue weighted by atomic mass is 9.91. The van der Waals surface area contributed by atoms with Crippen molar-refractivity contribution in [2.75, 3.05) is 0 Å². The number of carboxylic acid groups (broad SMARTS) is 2. The fourth-order valence-corrected chi connectivity index (χ4v) is 2.88. The van der Waals surface area contributed by atoms with E-state index in [9.17, 15) is 29.1 Å². The minimum Gasteiger partial charge on any atom is -0.481 e. The molecule has 1 amide bonds. The maximum atomic E-state index is 12.8. The Balaban J connectivity index is 2.96. The van der Waals surface area contributed by atoms with Crippen LogP contribution in [0, 0.1) is 17.8 Å². The summed E-state index contributed by atoms with van der Waals surface area (Å²) in [5, 5.41) is 20.7. The molecule has 8 heteroatoms. The molecular weight excluding hydrogens is 390 g/mol. The van der Waals surface area contributed by atoms with Crippen molar-refractivity contribution in [3.05, 3.63) is 35.9 Å². The van der Waals surface area contributed by atoms with Crippen molar-refractivity contribution < 1.29 is 34.2 Å². The van der Waals surface area contributed by atoms with Crippen LogP contribution in [0.1, 0.15) is 45.6 Å². The van der Waals surface area contributed by atoms with Gasteiger partial charge in [-0.2, -0.15) is 0 Å². The maximum absolute atomic E-state index is 12.8. The topological polar surface area (TPSA) is 138 Å². The van der Waals surface area contributed by atoms with E-state index in [0.29, 0.717) is 0 Å². The number of carboxylic acids is 2. The Morgan fingerprint density at radius 1 is 0.867 bits per heavy atom. The van der Waals surface area contributed by atoms with E-state index in [-0.39, 0.29) is 24.5 Å². The molecule has 0 saturated carbocycles. The fraction of sp³-hybridized carbons (Fsp3) is 0.500. The number of carbonyl (C=O) groups excluding carboxylic acids is 3. The maximum Gasteiger partial charge on any atom is 0.307 e. The zero-order chi connectivity index (χ0) is 22.8. The fourth-order valence-electron chi connectivity index (χ4n) is 2.88. The Morgan fingerprint density at radius 2 is 1.47 bits per heavy atom. The van der Waals surface area contributed by atoms with Gasteiger partial charge in [-0.25, -0.2) is 0 Å². The van der Waals surface area contributed by atoms with Gasteiger partial charge in [0.1, 0.15) is 5.78 Å². The van der Waals surface area contributed by atoms with Crippen LogP contribution in [0.25, 0.3) is 0 Å². The summed E-state index contributed by atoms with van der Waals surface area (Å²) in [6.45, 7) is 5.07. The van der Waals surface area contributed by atoms with Crippen LogP contribution >= 0.6 is 0 Å². The predicted octanol–water partition coefficient (Wildman–Crippen LogP) is 2.10. The molecule has 1 aromatic rings. The zero-order valence-corrected chi connectivity index (χ0v) is 17.5. The van der Waals surface area contributed by atoms with Crippen LogP contribution in [0.4, 0.5) is 0 Å². The third-order valence-corrected chi connectivity index (χ3v) is 4.80. The molecule has 0 spiro atoms. The summed E-state index contributed by atoms with van der Waals surface area (Å²) in [6, 6.07) is 7.85. The molecule has 3 N–H and O–H groups in total. The minimum atomic E-state index is -1.38. The molecule has 30 heavy (non-hydrogen) atoms. The Kier molecular flexibility index (Phi) is 9.88. The number of amides is 1. The molecule has 0 unspecified atom stereocenters. The molecular formula is C22H29NO7. The van der Waals surface area contributed by atoms with Gasteiger partial charge in [0, 0.05) is 24.7 Å². The highest BCUT2D eigenvalue weighted by molar-refractivity contribution is 5.94. The Labute approximate surface area is 175 Å². The van der Waals surface area contributed by atoms with Crippen LogP contribution in [-0.4, -0.2) is 45.7 Å². The van der Waals surface area contributed by atoms with E-state index in [4.69, 9.17) is 5.11 Å². The van der Waals surface area contributed by atoms with Gasteiger partial charge in [-0.3, -0.25) is 24.0 Å². The van der Waals surface area contributed by atoms with E-state index < -0.39 is 54.3 Å². The van der Waals surface area contributed by atoms with Crippen molar-refractivity contribution >= 4 is 29.4 Å². The van der Waals surface area contributed by atoms with Gasteiger partial charge in [-0.1, -0.05) is 51.1 Å². The van der Waals surface area contributed by atoms with E-state index in [1.165, 1.54) is 0 Å². The number of benzene rings is 1. The molecule has 0 saturated heterocycles. The highest BCUT2D eigenvalue weighted by Gasteiger charge is 2.30. The number of hydrogen-bond donors (Lipinski definition) is 3. The van der Waals surface area contributed by atoms with Crippen molar-refractivity contribution in [2.24, 2.45) is 17.8 Å². The second-order valence-corrected chi connectivity index (χ2v) is 7.78. The molecule has 8 nitrogen and oxygen atoms in total. The van der Waals surface area contributed by atoms with E-state index in [0.717, 1.165) is 5.56 Å². The number of nitrogens with one attached hydrogen (secondary N) is 1. The summed E-state index contributed by atoms with van der Waals surface area (Å²) in [5.41, 5.74) is 0.757. The molecule has 0 bridgehead atoms. The molecule has 1 aromatic carbocycles. The van der Waals surface area contributed by atoms with Crippen LogP contribution in [0.5, 0.6) is 0 Å². The highest BCUT2D eigenvalue weighted by Crippen LogP contribution is 2.15. The van der Waals surface area contributed by atoms with Crippen molar-refractivity contribution in [2.45, 2.75) is 52.5 Å². The first-order valence-corrected chi connectivity index (χ1v) is 9.85. The zero-order valence-electron chi connectivity index (χ0n) is 17.5. The van der Waals surface area contributed by atoms with E-state index >= 15 is 0 Å². The van der Waals surface area contributed by atoms with Crippen molar-refractivity contribution in [1.29, 1.82) is 0 Å². The average Bonchev–Trinajstić information content (AvgIpc) is 2.66. The third kappa shape index (κ3) is 8.55. The SMILES string of the molecule is CC(C)C(=O)C[C@@H](C)C(=O)N[C@@H](Cc1ccccc1)C(=O)C[C@@H](CC(=O)O)C(=O)O. The standard InChI is InChI=1S/C22H29NO7/c1-13(2)18(24)9-14(3)21(28)23-17(10-15-7-5-4-6-8-15)19(25)11-16(22(29)30)12-20(26)27/h4-8,13-14,16-17H,9-12H2,1-3H3,(H,23,28)(H,26,27)(H,29,30)/t14-,16+,17+/m1/s1. The van der Waals surface area contributed by atoms with Crippen LogP contribution in [0.15, 0.2) is 30.3 Å². The van der Waals surface area contributed by atoms with Gasteiger partial charge < -0.3 is 15.5 Å². The summed E-state index contributed by atoms with van der Waals surface area (Å²) in [4.78, 5) is 59.5. The van der Waals surface area contributed by atoms with Gasteiger partial charge in [0.2, 0.25) is 5.91 Å². The van der Waals surface area contributed by atoms with E-state index in [1.54, 1.807) is 51.1 Å². The minimum absolute atomic E-state index is 0.0342. The Bertz CT molecular complexity index is 773. The Morgan fingerprint density at radius 3 is 1.97 bits per heavy atom. The van der Waals surface area contributed by atoms with Gasteiger partial charge in [0.25, 0.3) is 0 Å². The molecule has 0 heterocycles. The lowest BCUT2D eigenvalue weighted by Gasteiger charge is -2.22. The first-order valence-electron chi connectivity index (χ1n) is 9.85. The van der Waals surface area contributed by atoms with Gasteiger partial charge in [0.05, 0.1) is 18.4 Å². The molecule has 0 aromatic heterocycles. The highest BCUT2D eigenvalue weighted by atomic mass is 16.4. The molecule has 0 aliphatic rings. The molecule has 1 rings (SSSR count). The monoisotopic (exact) mass is 419 g/mol. The molecule has 0 fully saturated rings.